The van der Waals surface area contributed by atoms with E-state index in [0.29, 0.717) is 13.2 Å². The zero-order valence-corrected chi connectivity index (χ0v) is 11.5. The van der Waals surface area contributed by atoms with E-state index in [1.165, 1.54) is 32.1 Å². The van der Waals surface area contributed by atoms with Crippen LogP contribution >= 0.6 is 0 Å². The van der Waals surface area contributed by atoms with Gasteiger partial charge >= 0.3 is 5.97 Å². The number of carbonyl (C=O) groups is 1. The summed E-state index contributed by atoms with van der Waals surface area (Å²) in [6.07, 6.45) is 9.42. The average Bonchev–Trinajstić information content (AvgIpc) is 2.33. The summed E-state index contributed by atoms with van der Waals surface area (Å²) in [5, 5.41) is 0. The lowest BCUT2D eigenvalue weighted by molar-refractivity contribution is -0.149. The van der Waals surface area contributed by atoms with E-state index in [2.05, 4.69) is 13.8 Å². The molecule has 0 aromatic heterocycles. The van der Waals surface area contributed by atoms with Crippen molar-refractivity contribution in [3.63, 3.8) is 0 Å². The highest BCUT2D eigenvalue weighted by molar-refractivity contribution is 5.70. The van der Waals surface area contributed by atoms with Gasteiger partial charge in [-0.1, -0.05) is 52.4 Å². The quantitative estimate of drug-likeness (QED) is 0.388. The van der Waals surface area contributed by atoms with Crippen molar-refractivity contribution in [2.45, 2.75) is 65.2 Å². The summed E-state index contributed by atoms with van der Waals surface area (Å²) in [5.41, 5.74) is 0. The van der Waals surface area contributed by atoms with Crippen molar-refractivity contribution < 1.29 is 14.3 Å². The van der Waals surface area contributed by atoms with E-state index in [-0.39, 0.29) is 12.6 Å². The molecule has 0 aliphatic heterocycles. The third-order valence-corrected chi connectivity index (χ3v) is 2.62. The number of rotatable bonds is 12. The molecule has 102 valence electrons. The van der Waals surface area contributed by atoms with Crippen molar-refractivity contribution >= 4 is 5.97 Å². The maximum absolute atomic E-state index is 11.1. The van der Waals surface area contributed by atoms with Gasteiger partial charge in [0.05, 0.1) is 6.61 Å². The van der Waals surface area contributed by atoms with Gasteiger partial charge in [-0.2, -0.15) is 0 Å². The molecule has 0 N–H and O–H groups in total. The van der Waals surface area contributed by atoms with Gasteiger partial charge in [0.1, 0.15) is 6.61 Å². The van der Waals surface area contributed by atoms with Gasteiger partial charge in [-0.15, -0.1) is 0 Å². The summed E-state index contributed by atoms with van der Waals surface area (Å²) < 4.78 is 10.2. The SMILES string of the molecule is CCCCCCCCOCC(=O)OCCCC. The van der Waals surface area contributed by atoms with Crippen LogP contribution in [0.1, 0.15) is 65.2 Å². The predicted octanol–water partition coefficient (Wildman–Crippen LogP) is 3.71. The number of esters is 1. The normalized spacial score (nSPS) is 10.5. The molecule has 0 heterocycles. The molecule has 0 aliphatic carbocycles. The molecule has 0 unspecified atom stereocenters. The Hall–Kier alpha value is -0.570. The number of ether oxygens (including phenoxy) is 2. The van der Waals surface area contributed by atoms with Gasteiger partial charge in [-0.05, 0) is 12.8 Å². The zero-order valence-electron chi connectivity index (χ0n) is 11.5. The second-order valence-corrected chi connectivity index (χ2v) is 4.39. The van der Waals surface area contributed by atoms with Crippen LogP contribution in [-0.4, -0.2) is 25.8 Å². The molecule has 17 heavy (non-hydrogen) atoms. The molecule has 3 nitrogen and oxygen atoms in total. The summed E-state index contributed by atoms with van der Waals surface area (Å²) in [6, 6.07) is 0. The molecule has 0 radical (unpaired) electrons. The van der Waals surface area contributed by atoms with Crippen LogP contribution in [0.25, 0.3) is 0 Å². The average molecular weight is 244 g/mol. The lowest BCUT2D eigenvalue weighted by atomic mass is 10.1. The molecule has 0 aromatic rings. The maximum Gasteiger partial charge on any atom is 0.332 e. The van der Waals surface area contributed by atoms with Crippen LogP contribution in [0.4, 0.5) is 0 Å². The molecule has 0 spiro atoms. The number of hydrogen-bond donors (Lipinski definition) is 0. The van der Waals surface area contributed by atoms with Crippen LogP contribution in [0.2, 0.25) is 0 Å². The van der Waals surface area contributed by atoms with E-state index < -0.39 is 0 Å². The van der Waals surface area contributed by atoms with E-state index >= 15 is 0 Å². The first kappa shape index (κ1) is 16.4. The first-order valence-corrected chi connectivity index (χ1v) is 7.04. The van der Waals surface area contributed by atoms with Crippen molar-refractivity contribution in [2.24, 2.45) is 0 Å². The Morgan fingerprint density at radius 1 is 0.824 bits per heavy atom. The van der Waals surface area contributed by atoms with E-state index in [9.17, 15) is 4.79 Å². The highest BCUT2D eigenvalue weighted by Crippen LogP contribution is 2.04. The van der Waals surface area contributed by atoms with Gasteiger partial charge in [0.2, 0.25) is 0 Å². The molecule has 0 aromatic carbocycles. The molecular formula is C14H28O3. The highest BCUT2D eigenvalue weighted by atomic mass is 16.6. The van der Waals surface area contributed by atoms with Crippen LogP contribution in [0.5, 0.6) is 0 Å². The smallest absolute Gasteiger partial charge is 0.332 e. The fourth-order valence-electron chi connectivity index (χ4n) is 1.51. The second-order valence-electron chi connectivity index (χ2n) is 4.39. The van der Waals surface area contributed by atoms with E-state index in [4.69, 9.17) is 9.47 Å². The minimum atomic E-state index is -0.232. The Morgan fingerprint density at radius 2 is 1.47 bits per heavy atom. The molecule has 0 aliphatic rings. The molecular weight excluding hydrogens is 216 g/mol. The van der Waals surface area contributed by atoms with Crippen molar-refractivity contribution in [2.75, 3.05) is 19.8 Å². The predicted molar refractivity (Wildman–Crippen MR) is 70.1 cm³/mol. The third kappa shape index (κ3) is 13.4. The van der Waals surface area contributed by atoms with Crippen molar-refractivity contribution in [3.05, 3.63) is 0 Å². The highest BCUT2D eigenvalue weighted by Gasteiger charge is 2.01. The molecule has 3 heteroatoms. The number of hydrogen-bond acceptors (Lipinski definition) is 3. The molecule has 0 fully saturated rings. The van der Waals surface area contributed by atoms with E-state index in [0.717, 1.165) is 19.3 Å². The lowest BCUT2D eigenvalue weighted by Crippen LogP contribution is -2.13. The van der Waals surface area contributed by atoms with E-state index in [1.54, 1.807) is 0 Å². The summed E-state index contributed by atoms with van der Waals surface area (Å²) >= 11 is 0. The molecule has 0 bridgehead atoms. The van der Waals surface area contributed by atoms with Gasteiger partial charge in [0, 0.05) is 6.61 Å². The molecule has 0 amide bonds. The minimum Gasteiger partial charge on any atom is -0.464 e. The van der Waals surface area contributed by atoms with Gasteiger partial charge < -0.3 is 9.47 Å². The number of unbranched alkanes of at least 4 members (excludes halogenated alkanes) is 6. The Morgan fingerprint density at radius 3 is 2.18 bits per heavy atom. The molecule has 0 atom stereocenters. The Bertz CT molecular complexity index is 169. The summed E-state index contributed by atoms with van der Waals surface area (Å²) in [4.78, 5) is 11.1. The molecule has 0 rings (SSSR count). The monoisotopic (exact) mass is 244 g/mol. The van der Waals surface area contributed by atoms with Crippen molar-refractivity contribution in [3.8, 4) is 0 Å². The zero-order chi connectivity index (χ0) is 12.8. The van der Waals surface area contributed by atoms with Crippen molar-refractivity contribution in [1.82, 2.24) is 0 Å². The van der Waals surface area contributed by atoms with Crippen LogP contribution in [0.15, 0.2) is 0 Å². The van der Waals surface area contributed by atoms with Crippen LogP contribution in [-0.2, 0) is 14.3 Å². The summed E-state index contributed by atoms with van der Waals surface area (Å²) in [5.74, 6) is -0.232. The fraction of sp³-hybridized carbons (Fsp3) is 0.929. The Kier molecular flexibility index (Phi) is 13.0. The largest absolute Gasteiger partial charge is 0.464 e. The van der Waals surface area contributed by atoms with Crippen molar-refractivity contribution in [1.29, 1.82) is 0 Å². The summed E-state index contributed by atoms with van der Waals surface area (Å²) in [7, 11) is 0. The fourth-order valence-corrected chi connectivity index (χ4v) is 1.51. The number of carbonyl (C=O) groups excluding carboxylic acids is 1. The van der Waals surface area contributed by atoms with Crippen LogP contribution in [0.3, 0.4) is 0 Å². The third-order valence-electron chi connectivity index (χ3n) is 2.62. The van der Waals surface area contributed by atoms with Gasteiger partial charge in [-0.3, -0.25) is 0 Å². The second kappa shape index (κ2) is 13.5. The first-order valence-electron chi connectivity index (χ1n) is 7.04. The summed E-state index contributed by atoms with van der Waals surface area (Å²) in [6.45, 7) is 5.60. The van der Waals surface area contributed by atoms with Gasteiger partial charge in [0.15, 0.2) is 0 Å². The topological polar surface area (TPSA) is 35.5 Å². The van der Waals surface area contributed by atoms with Crippen LogP contribution in [0, 0.1) is 0 Å². The lowest BCUT2D eigenvalue weighted by Gasteiger charge is -2.05. The Balaban J connectivity index is 3.08. The standard InChI is InChI=1S/C14H28O3/c1-3-5-7-8-9-10-11-16-13-14(15)17-12-6-4-2/h3-13H2,1-2H3. The minimum absolute atomic E-state index is 0.110. The van der Waals surface area contributed by atoms with Gasteiger partial charge in [0.25, 0.3) is 0 Å². The maximum atomic E-state index is 11.1. The van der Waals surface area contributed by atoms with Gasteiger partial charge in [-0.25, -0.2) is 4.79 Å². The first-order chi connectivity index (χ1) is 8.31. The Labute approximate surface area is 106 Å². The molecule has 0 saturated carbocycles. The molecule has 0 saturated heterocycles. The van der Waals surface area contributed by atoms with E-state index in [1.807, 2.05) is 0 Å². The van der Waals surface area contributed by atoms with Crippen LogP contribution < -0.4 is 0 Å².